The van der Waals surface area contributed by atoms with Gasteiger partial charge in [-0.15, -0.1) is 0 Å². The van der Waals surface area contributed by atoms with Crippen molar-refractivity contribution in [2.75, 3.05) is 19.7 Å². The molecule has 4 atom stereocenters. The van der Waals surface area contributed by atoms with E-state index in [0.717, 1.165) is 5.75 Å². The Bertz CT molecular complexity index is 517. The zero-order valence-corrected chi connectivity index (χ0v) is 14.7. The minimum absolute atomic E-state index is 0.218. The molecule has 24 heavy (non-hydrogen) atoms. The van der Waals surface area contributed by atoms with Crippen LogP contribution in [-0.4, -0.2) is 37.8 Å². The second-order valence-electron chi connectivity index (χ2n) is 7.12. The van der Waals surface area contributed by atoms with Gasteiger partial charge in [0.2, 0.25) is 0 Å². The predicted molar refractivity (Wildman–Crippen MR) is 93.2 cm³/mol. The number of quaternary nitrogens is 1. The fourth-order valence-corrected chi connectivity index (χ4v) is 4.22. The summed E-state index contributed by atoms with van der Waals surface area (Å²) in [5, 5.41) is 0. The van der Waals surface area contributed by atoms with Crippen LogP contribution in [0.3, 0.4) is 0 Å². The number of nitrogens with one attached hydrogen (secondary N) is 1. The Morgan fingerprint density at radius 3 is 2.75 bits per heavy atom. The van der Waals surface area contributed by atoms with Crippen molar-refractivity contribution in [2.45, 2.75) is 57.6 Å². The number of fused-ring (bicyclic) bond motifs is 1. The van der Waals surface area contributed by atoms with E-state index in [1.165, 1.54) is 45.2 Å². The maximum absolute atomic E-state index is 12.4. The summed E-state index contributed by atoms with van der Waals surface area (Å²) in [5.74, 6) is 1.03. The molecule has 3 rings (SSSR count). The van der Waals surface area contributed by atoms with Gasteiger partial charge in [0.1, 0.15) is 5.75 Å². The predicted octanol–water partition coefficient (Wildman–Crippen LogP) is 2.23. The van der Waals surface area contributed by atoms with E-state index in [-0.39, 0.29) is 5.97 Å². The average Bonchev–Trinajstić information content (AvgIpc) is 2.65. The fourth-order valence-electron chi connectivity index (χ4n) is 4.22. The Kier molecular flexibility index (Phi) is 6.13. The van der Waals surface area contributed by atoms with E-state index >= 15 is 0 Å². The van der Waals surface area contributed by atoms with Gasteiger partial charge in [-0.1, -0.05) is 25.1 Å². The van der Waals surface area contributed by atoms with Gasteiger partial charge in [-0.25, -0.2) is 4.79 Å². The zero-order valence-electron chi connectivity index (χ0n) is 14.7. The summed E-state index contributed by atoms with van der Waals surface area (Å²) >= 11 is 0. The summed E-state index contributed by atoms with van der Waals surface area (Å²) in [6, 6.07) is 10.2. The maximum Gasteiger partial charge on any atom is 0.347 e. The van der Waals surface area contributed by atoms with Crippen LogP contribution < -0.4 is 9.64 Å². The van der Waals surface area contributed by atoms with Gasteiger partial charge >= 0.3 is 5.97 Å². The number of carbonyl (C=O) groups excluding carboxylic acids is 1. The Balaban J connectivity index is 1.51. The molecule has 2 heterocycles. The molecule has 0 bridgehead atoms. The van der Waals surface area contributed by atoms with Gasteiger partial charge in [0.05, 0.1) is 25.7 Å². The smallest absolute Gasteiger partial charge is 0.347 e. The van der Waals surface area contributed by atoms with Gasteiger partial charge in [-0.05, 0) is 50.7 Å². The summed E-state index contributed by atoms with van der Waals surface area (Å²) in [7, 11) is 0. The van der Waals surface area contributed by atoms with Crippen LogP contribution in [0.15, 0.2) is 30.3 Å². The first-order chi connectivity index (χ1) is 11.8. The minimum atomic E-state index is -0.509. The number of para-hydroxylation sites is 1. The average molecular weight is 332 g/mol. The van der Waals surface area contributed by atoms with Gasteiger partial charge in [-0.2, -0.15) is 0 Å². The third-order valence-corrected chi connectivity index (χ3v) is 5.52. The second-order valence-corrected chi connectivity index (χ2v) is 7.12. The minimum Gasteiger partial charge on any atom is -0.479 e. The van der Waals surface area contributed by atoms with Crippen molar-refractivity contribution in [2.24, 2.45) is 5.92 Å². The molecule has 132 valence electrons. The van der Waals surface area contributed by atoms with E-state index in [0.29, 0.717) is 25.0 Å². The van der Waals surface area contributed by atoms with Gasteiger partial charge in [0, 0.05) is 5.92 Å². The summed E-state index contributed by atoms with van der Waals surface area (Å²) in [6.45, 7) is 5.11. The molecule has 0 amide bonds. The van der Waals surface area contributed by atoms with E-state index in [4.69, 9.17) is 9.47 Å². The quantitative estimate of drug-likeness (QED) is 0.812. The molecular formula is C20H30NO3+. The third-order valence-electron chi connectivity index (χ3n) is 5.52. The molecule has 1 N–H and O–H groups in total. The number of rotatable bonds is 6. The summed E-state index contributed by atoms with van der Waals surface area (Å²) in [6.07, 6.45) is 6.53. The number of hydrogen-bond donors (Lipinski definition) is 1. The van der Waals surface area contributed by atoms with Crippen molar-refractivity contribution in [3.63, 3.8) is 0 Å². The molecule has 0 aliphatic carbocycles. The van der Waals surface area contributed by atoms with E-state index in [9.17, 15) is 4.79 Å². The van der Waals surface area contributed by atoms with Gasteiger partial charge in [-0.3, -0.25) is 0 Å². The largest absolute Gasteiger partial charge is 0.479 e. The van der Waals surface area contributed by atoms with Crippen molar-refractivity contribution < 1.29 is 19.2 Å². The second kappa shape index (κ2) is 8.52. The van der Waals surface area contributed by atoms with Crippen LogP contribution in [-0.2, 0) is 9.53 Å². The van der Waals surface area contributed by atoms with Crippen molar-refractivity contribution >= 4 is 5.97 Å². The molecule has 4 nitrogen and oxygen atoms in total. The van der Waals surface area contributed by atoms with Gasteiger partial charge < -0.3 is 14.4 Å². The lowest BCUT2D eigenvalue weighted by atomic mass is 9.84. The maximum atomic E-state index is 12.4. The molecule has 2 aliphatic rings. The van der Waals surface area contributed by atoms with Crippen LogP contribution in [0.25, 0.3) is 0 Å². The van der Waals surface area contributed by atoms with Crippen LogP contribution in [0.5, 0.6) is 5.75 Å². The molecule has 1 aromatic carbocycles. The molecule has 2 saturated heterocycles. The molecule has 2 aliphatic heterocycles. The topological polar surface area (TPSA) is 40.0 Å². The van der Waals surface area contributed by atoms with Crippen molar-refractivity contribution in [1.29, 1.82) is 0 Å². The van der Waals surface area contributed by atoms with E-state index in [1.54, 1.807) is 4.90 Å². The highest BCUT2D eigenvalue weighted by Gasteiger charge is 2.37. The van der Waals surface area contributed by atoms with Gasteiger partial charge in [0.15, 0.2) is 6.10 Å². The van der Waals surface area contributed by atoms with E-state index < -0.39 is 6.10 Å². The highest BCUT2D eigenvalue weighted by atomic mass is 16.6. The van der Waals surface area contributed by atoms with Crippen LogP contribution in [0.4, 0.5) is 0 Å². The third kappa shape index (κ3) is 4.29. The number of esters is 1. The normalized spacial score (nSPS) is 27.8. The van der Waals surface area contributed by atoms with Crippen molar-refractivity contribution in [3.8, 4) is 5.75 Å². The molecule has 2 fully saturated rings. The molecule has 0 radical (unpaired) electrons. The summed E-state index contributed by atoms with van der Waals surface area (Å²) in [5.41, 5.74) is 0. The van der Waals surface area contributed by atoms with E-state index in [2.05, 4.69) is 0 Å². The number of hydrogen-bond acceptors (Lipinski definition) is 3. The Morgan fingerprint density at radius 2 is 1.96 bits per heavy atom. The number of ether oxygens (including phenoxy) is 2. The molecule has 4 heteroatoms. The fraction of sp³-hybridized carbons (Fsp3) is 0.650. The monoisotopic (exact) mass is 332 g/mol. The van der Waals surface area contributed by atoms with Gasteiger partial charge in [0.25, 0.3) is 0 Å². The highest BCUT2D eigenvalue weighted by molar-refractivity contribution is 5.75. The Morgan fingerprint density at radius 1 is 1.17 bits per heavy atom. The Hall–Kier alpha value is -1.55. The molecule has 0 saturated carbocycles. The lowest BCUT2D eigenvalue weighted by molar-refractivity contribution is -0.940. The molecule has 0 aromatic heterocycles. The van der Waals surface area contributed by atoms with Crippen LogP contribution in [0.1, 0.15) is 45.4 Å². The number of piperidine rings is 2. The SMILES string of the molecule is CC[C@H](Oc1ccccc1)C(=O)OC[C@@H]1CCC[NH+]2CCCC[C@H]12. The Labute approximate surface area is 145 Å². The first-order valence-corrected chi connectivity index (χ1v) is 9.51. The van der Waals surface area contributed by atoms with Crippen molar-refractivity contribution in [3.05, 3.63) is 30.3 Å². The molecule has 0 spiro atoms. The lowest BCUT2D eigenvalue weighted by Crippen LogP contribution is -3.18. The van der Waals surface area contributed by atoms with Crippen molar-refractivity contribution in [1.82, 2.24) is 0 Å². The van der Waals surface area contributed by atoms with Crippen LogP contribution in [0, 0.1) is 5.92 Å². The highest BCUT2D eigenvalue weighted by Crippen LogP contribution is 2.21. The lowest BCUT2D eigenvalue weighted by Gasteiger charge is -2.41. The first kappa shape index (κ1) is 17.3. The molecule has 1 unspecified atom stereocenters. The molecular weight excluding hydrogens is 302 g/mol. The molecule has 1 aromatic rings. The summed E-state index contributed by atoms with van der Waals surface area (Å²) in [4.78, 5) is 14.2. The van der Waals surface area contributed by atoms with E-state index in [1.807, 2.05) is 37.3 Å². The van der Waals surface area contributed by atoms with Crippen LogP contribution in [0.2, 0.25) is 0 Å². The zero-order chi connectivity index (χ0) is 16.8. The number of carbonyl (C=O) groups is 1. The standard InChI is InChI=1S/C20H29NO3/c1-2-19(24-17-10-4-3-5-11-17)20(22)23-15-16-9-8-14-21-13-7-6-12-18(16)21/h3-5,10-11,16,18-19H,2,6-9,12-15H2,1H3/p+1/t16-,18+,19-/m0/s1. The van der Waals surface area contributed by atoms with Crippen LogP contribution >= 0.6 is 0 Å². The number of benzene rings is 1. The first-order valence-electron chi connectivity index (χ1n) is 9.51. The summed E-state index contributed by atoms with van der Waals surface area (Å²) < 4.78 is 11.5.